The average Bonchev–Trinajstić information content (AvgIpc) is 2.27. The molecular weight excluding hydrogens is 222 g/mol. The minimum Gasteiger partial charge on any atom is -0.387 e. The fraction of sp³-hybridized carbons (Fsp3) is 0.625. The first-order valence-corrected chi connectivity index (χ1v) is 6.86. The van der Waals surface area contributed by atoms with Crippen LogP contribution in [-0.4, -0.2) is 30.1 Å². The molecule has 0 amide bonds. The van der Waals surface area contributed by atoms with E-state index in [0.29, 0.717) is 18.4 Å². The van der Waals surface area contributed by atoms with Gasteiger partial charge < -0.3 is 10.0 Å². The van der Waals surface area contributed by atoms with Crippen molar-refractivity contribution in [3.63, 3.8) is 0 Å². The molecule has 0 spiro atoms. The molecule has 0 radical (unpaired) electrons. The highest BCUT2D eigenvalue weighted by Gasteiger charge is 2.11. The molecule has 1 aromatic carbocycles. The summed E-state index contributed by atoms with van der Waals surface area (Å²) in [6.07, 6.45) is -0.394. The van der Waals surface area contributed by atoms with Crippen LogP contribution in [0.25, 0.3) is 0 Å². The maximum absolute atomic E-state index is 10.2. The maximum Gasteiger partial charge on any atom is 0.0916 e. The van der Waals surface area contributed by atoms with Gasteiger partial charge in [0.05, 0.1) is 6.10 Å². The summed E-state index contributed by atoms with van der Waals surface area (Å²) in [5.74, 6) is 1.17. The fourth-order valence-electron chi connectivity index (χ4n) is 2.20. The average molecular weight is 249 g/mol. The fourth-order valence-corrected chi connectivity index (χ4v) is 2.20. The van der Waals surface area contributed by atoms with Gasteiger partial charge in [-0.1, -0.05) is 52.0 Å². The van der Waals surface area contributed by atoms with E-state index in [1.807, 2.05) is 12.1 Å². The Kier molecular flexibility index (Phi) is 5.83. The lowest BCUT2D eigenvalue weighted by Gasteiger charge is -2.22. The third-order valence-electron chi connectivity index (χ3n) is 3.15. The second-order valence-electron chi connectivity index (χ2n) is 5.95. The number of rotatable bonds is 6. The predicted molar refractivity (Wildman–Crippen MR) is 77.8 cm³/mol. The summed E-state index contributed by atoms with van der Waals surface area (Å²) in [6, 6.07) is 8.32. The van der Waals surface area contributed by atoms with E-state index in [-0.39, 0.29) is 0 Å². The van der Waals surface area contributed by atoms with E-state index < -0.39 is 6.10 Å². The second-order valence-corrected chi connectivity index (χ2v) is 5.95. The van der Waals surface area contributed by atoms with Crippen LogP contribution < -0.4 is 0 Å². The highest BCUT2D eigenvalue weighted by atomic mass is 16.3. The molecule has 102 valence electrons. The summed E-state index contributed by atoms with van der Waals surface area (Å²) in [7, 11) is 2.06. The first kappa shape index (κ1) is 15.2. The third-order valence-corrected chi connectivity index (χ3v) is 3.15. The van der Waals surface area contributed by atoms with Crippen molar-refractivity contribution in [2.45, 2.75) is 39.7 Å². The Morgan fingerprint density at radius 1 is 0.944 bits per heavy atom. The van der Waals surface area contributed by atoms with Crippen molar-refractivity contribution < 1.29 is 5.11 Å². The lowest BCUT2D eigenvalue weighted by Crippen LogP contribution is -2.28. The topological polar surface area (TPSA) is 23.5 Å². The first-order valence-electron chi connectivity index (χ1n) is 6.86. The van der Waals surface area contributed by atoms with Crippen molar-refractivity contribution in [2.75, 3.05) is 20.1 Å². The van der Waals surface area contributed by atoms with E-state index in [1.54, 1.807) is 0 Å². The monoisotopic (exact) mass is 249 g/mol. The van der Waals surface area contributed by atoms with Crippen molar-refractivity contribution in [1.82, 2.24) is 4.90 Å². The number of nitrogens with zero attached hydrogens (tertiary/aromatic N) is 1. The quantitative estimate of drug-likeness (QED) is 0.835. The molecule has 1 unspecified atom stereocenters. The molecule has 0 saturated heterocycles. The molecule has 2 heteroatoms. The number of aliphatic hydroxyl groups excluding tert-OH is 1. The molecule has 0 aromatic heterocycles. The molecule has 0 aliphatic heterocycles. The molecule has 18 heavy (non-hydrogen) atoms. The molecule has 0 fully saturated rings. The van der Waals surface area contributed by atoms with Crippen LogP contribution in [0.4, 0.5) is 0 Å². The van der Waals surface area contributed by atoms with Crippen molar-refractivity contribution in [3.05, 3.63) is 35.4 Å². The summed E-state index contributed by atoms with van der Waals surface area (Å²) in [5.41, 5.74) is 2.33. The Balaban J connectivity index is 2.58. The van der Waals surface area contributed by atoms with Crippen molar-refractivity contribution in [1.29, 1.82) is 0 Å². The standard InChI is InChI=1S/C16H27NO/c1-12(2)10-17(5)11-16(18)15-8-6-14(7-9-15)13(3)4/h6-9,12-13,16,18H,10-11H2,1-5H3. The van der Waals surface area contributed by atoms with Gasteiger partial charge in [0.25, 0.3) is 0 Å². The summed E-state index contributed by atoms with van der Waals surface area (Å²) >= 11 is 0. The van der Waals surface area contributed by atoms with Crippen LogP contribution in [0.15, 0.2) is 24.3 Å². The maximum atomic E-state index is 10.2. The van der Waals surface area contributed by atoms with E-state index in [1.165, 1.54) is 5.56 Å². The van der Waals surface area contributed by atoms with Crippen LogP contribution in [0, 0.1) is 5.92 Å². The SMILES string of the molecule is CC(C)CN(C)CC(O)c1ccc(C(C)C)cc1. The molecular formula is C16H27NO. The van der Waals surface area contributed by atoms with Crippen LogP contribution in [0.1, 0.15) is 50.8 Å². The van der Waals surface area contributed by atoms with Gasteiger partial charge in [-0.15, -0.1) is 0 Å². The van der Waals surface area contributed by atoms with Crippen LogP contribution in [-0.2, 0) is 0 Å². The van der Waals surface area contributed by atoms with Crippen LogP contribution in [0.5, 0.6) is 0 Å². The van der Waals surface area contributed by atoms with E-state index in [4.69, 9.17) is 0 Å². The lowest BCUT2D eigenvalue weighted by molar-refractivity contribution is 0.121. The Bertz CT molecular complexity index is 343. The van der Waals surface area contributed by atoms with Gasteiger partial charge >= 0.3 is 0 Å². The summed E-state index contributed by atoms with van der Waals surface area (Å²) < 4.78 is 0. The van der Waals surface area contributed by atoms with Crippen molar-refractivity contribution >= 4 is 0 Å². The smallest absolute Gasteiger partial charge is 0.0916 e. The van der Waals surface area contributed by atoms with E-state index in [0.717, 1.165) is 12.1 Å². The summed E-state index contributed by atoms with van der Waals surface area (Å²) in [5, 5.41) is 10.2. The molecule has 0 bridgehead atoms. The zero-order valence-electron chi connectivity index (χ0n) is 12.4. The number of aliphatic hydroxyl groups is 1. The van der Waals surface area contributed by atoms with E-state index in [9.17, 15) is 5.11 Å². The number of hydrogen-bond acceptors (Lipinski definition) is 2. The largest absolute Gasteiger partial charge is 0.387 e. The number of hydrogen-bond donors (Lipinski definition) is 1. The molecule has 1 N–H and O–H groups in total. The molecule has 1 atom stereocenters. The Morgan fingerprint density at radius 2 is 1.44 bits per heavy atom. The highest BCUT2D eigenvalue weighted by Crippen LogP contribution is 2.19. The first-order chi connectivity index (χ1) is 8.40. The lowest BCUT2D eigenvalue weighted by atomic mass is 10.00. The van der Waals surface area contributed by atoms with Crippen LogP contribution in [0.3, 0.4) is 0 Å². The molecule has 0 aliphatic rings. The normalized spacial score (nSPS) is 13.6. The summed E-state index contributed by atoms with van der Waals surface area (Å²) in [4.78, 5) is 2.19. The number of benzene rings is 1. The van der Waals surface area contributed by atoms with Gasteiger partial charge in [0, 0.05) is 13.1 Å². The zero-order valence-corrected chi connectivity index (χ0v) is 12.4. The second kappa shape index (κ2) is 6.91. The highest BCUT2D eigenvalue weighted by molar-refractivity contribution is 5.26. The Labute approximate surface area is 112 Å². The molecule has 2 nitrogen and oxygen atoms in total. The van der Waals surface area contributed by atoms with Crippen molar-refractivity contribution in [3.8, 4) is 0 Å². The zero-order chi connectivity index (χ0) is 13.7. The van der Waals surface area contributed by atoms with Gasteiger partial charge in [-0.25, -0.2) is 0 Å². The van der Waals surface area contributed by atoms with Crippen molar-refractivity contribution in [2.24, 2.45) is 5.92 Å². The Hall–Kier alpha value is -0.860. The van der Waals surface area contributed by atoms with Gasteiger partial charge in [-0.2, -0.15) is 0 Å². The van der Waals surface area contributed by atoms with E-state index in [2.05, 4.69) is 51.8 Å². The molecule has 0 saturated carbocycles. The molecule has 1 rings (SSSR count). The third kappa shape index (κ3) is 4.79. The predicted octanol–water partition coefficient (Wildman–Crippen LogP) is 3.43. The van der Waals surface area contributed by atoms with Gasteiger partial charge in [0.15, 0.2) is 0 Å². The minimum absolute atomic E-state index is 0.394. The van der Waals surface area contributed by atoms with Crippen LogP contribution >= 0.6 is 0 Å². The molecule has 0 heterocycles. The molecule has 0 aliphatic carbocycles. The minimum atomic E-state index is -0.394. The molecule has 1 aromatic rings. The summed E-state index contributed by atoms with van der Waals surface area (Å²) in [6.45, 7) is 10.5. The van der Waals surface area contributed by atoms with Gasteiger partial charge in [0.2, 0.25) is 0 Å². The number of likely N-dealkylation sites (N-methyl/N-ethyl adjacent to an activating group) is 1. The van der Waals surface area contributed by atoms with Gasteiger partial charge in [0.1, 0.15) is 0 Å². The van der Waals surface area contributed by atoms with Gasteiger partial charge in [-0.05, 0) is 30.0 Å². The Morgan fingerprint density at radius 3 is 1.89 bits per heavy atom. The van der Waals surface area contributed by atoms with E-state index >= 15 is 0 Å². The van der Waals surface area contributed by atoms with Crippen LogP contribution in [0.2, 0.25) is 0 Å². The van der Waals surface area contributed by atoms with Gasteiger partial charge in [-0.3, -0.25) is 0 Å².